The molecule has 5 heteroatoms. The predicted octanol–water partition coefficient (Wildman–Crippen LogP) is 0.692. The number of amides is 2. The number of carbonyl (C=O) groups excluding carboxylic acids is 2. The Hall–Kier alpha value is -1.88. The van der Waals surface area contributed by atoms with Crippen LogP contribution in [-0.4, -0.2) is 31.4 Å². The van der Waals surface area contributed by atoms with E-state index in [1.54, 1.807) is 0 Å². The van der Waals surface area contributed by atoms with Crippen LogP contribution in [0.15, 0.2) is 30.3 Å². The van der Waals surface area contributed by atoms with Crippen molar-refractivity contribution < 1.29 is 9.59 Å². The number of hydrogen-bond acceptors (Lipinski definition) is 3. The van der Waals surface area contributed by atoms with E-state index in [0.29, 0.717) is 18.9 Å². The second-order valence-corrected chi connectivity index (χ2v) is 5.54. The molecule has 0 heterocycles. The van der Waals surface area contributed by atoms with Crippen LogP contribution in [0.4, 0.5) is 0 Å². The van der Waals surface area contributed by atoms with Crippen molar-refractivity contribution in [2.75, 3.05) is 19.6 Å². The largest absolute Gasteiger partial charge is 0.354 e. The maximum Gasteiger partial charge on any atom is 0.239 e. The monoisotopic (exact) mass is 291 g/mol. The lowest BCUT2D eigenvalue weighted by molar-refractivity contribution is -0.128. The Morgan fingerprint density at radius 3 is 2.38 bits per heavy atom. The zero-order chi connectivity index (χ0) is 15.7. The third-order valence-corrected chi connectivity index (χ3v) is 3.11. The summed E-state index contributed by atoms with van der Waals surface area (Å²) in [6.45, 7) is 4.90. The Bertz CT molecular complexity index is 446. The van der Waals surface area contributed by atoms with Gasteiger partial charge in [0.05, 0.1) is 12.5 Å². The van der Waals surface area contributed by atoms with Crippen LogP contribution in [0.1, 0.15) is 19.4 Å². The quantitative estimate of drug-likeness (QED) is 0.659. The molecule has 21 heavy (non-hydrogen) atoms. The second kappa shape index (κ2) is 9.13. The van der Waals surface area contributed by atoms with E-state index in [9.17, 15) is 9.59 Å². The van der Waals surface area contributed by atoms with Gasteiger partial charge in [-0.2, -0.15) is 0 Å². The summed E-state index contributed by atoms with van der Waals surface area (Å²) in [5.74, 6) is -0.279. The van der Waals surface area contributed by atoms with Gasteiger partial charge >= 0.3 is 0 Å². The van der Waals surface area contributed by atoms with Gasteiger partial charge in [-0.25, -0.2) is 0 Å². The first-order valence-electron chi connectivity index (χ1n) is 7.31. The summed E-state index contributed by atoms with van der Waals surface area (Å²) in [5.41, 5.74) is 6.73. The lowest BCUT2D eigenvalue weighted by Gasteiger charge is -2.15. The Morgan fingerprint density at radius 2 is 1.81 bits per heavy atom. The van der Waals surface area contributed by atoms with Gasteiger partial charge in [0.15, 0.2) is 0 Å². The van der Waals surface area contributed by atoms with Crippen LogP contribution in [0, 0.1) is 11.8 Å². The minimum Gasteiger partial charge on any atom is -0.354 e. The molecule has 116 valence electrons. The Labute approximate surface area is 126 Å². The maximum atomic E-state index is 12.1. The van der Waals surface area contributed by atoms with Crippen molar-refractivity contribution in [1.82, 2.24) is 10.6 Å². The van der Waals surface area contributed by atoms with Gasteiger partial charge < -0.3 is 16.4 Å². The number of benzene rings is 1. The highest BCUT2D eigenvalue weighted by molar-refractivity contribution is 5.86. The van der Waals surface area contributed by atoms with Gasteiger partial charge in [0.2, 0.25) is 11.8 Å². The van der Waals surface area contributed by atoms with Crippen LogP contribution >= 0.6 is 0 Å². The van der Waals surface area contributed by atoms with E-state index >= 15 is 0 Å². The second-order valence-electron chi connectivity index (χ2n) is 5.54. The van der Waals surface area contributed by atoms with Crippen molar-refractivity contribution >= 4 is 11.8 Å². The van der Waals surface area contributed by atoms with Crippen molar-refractivity contribution in [3.8, 4) is 0 Å². The summed E-state index contributed by atoms with van der Waals surface area (Å²) >= 11 is 0. The molecule has 2 amide bonds. The molecule has 0 aliphatic heterocycles. The molecule has 0 spiro atoms. The molecule has 1 aromatic rings. The van der Waals surface area contributed by atoms with Crippen molar-refractivity contribution in [2.24, 2.45) is 17.6 Å². The normalized spacial score (nSPS) is 12.0. The molecule has 1 atom stereocenters. The predicted molar refractivity (Wildman–Crippen MR) is 83.5 cm³/mol. The zero-order valence-corrected chi connectivity index (χ0v) is 12.8. The lowest BCUT2D eigenvalue weighted by Crippen LogP contribution is -2.42. The molecule has 0 radical (unpaired) electrons. The number of rotatable bonds is 8. The van der Waals surface area contributed by atoms with E-state index in [4.69, 9.17) is 5.73 Å². The standard InChI is InChI=1S/C16H25N3O2/c1-12(2)10-18-15(20)11-19-16(21)14(9-17)8-13-6-4-3-5-7-13/h3-7,12,14H,8-11,17H2,1-2H3,(H,18,20)(H,19,21). The fourth-order valence-electron chi connectivity index (χ4n) is 1.87. The molecule has 0 fully saturated rings. The van der Waals surface area contributed by atoms with Crippen molar-refractivity contribution in [3.63, 3.8) is 0 Å². The van der Waals surface area contributed by atoms with Crippen molar-refractivity contribution in [1.29, 1.82) is 0 Å². The summed E-state index contributed by atoms with van der Waals surface area (Å²) in [6.07, 6.45) is 0.580. The summed E-state index contributed by atoms with van der Waals surface area (Å²) in [4.78, 5) is 23.6. The van der Waals surface area contributed by atoms with Gasteiger partial charge in [-0.1, -0.05) is 44.2 Å². The topological polar surface area (TPSA) is 84.2 Å². The van der Waals surface area contributed by atoms with Gasteiger partial charge in [0, 0.05) is 13.1 Å². The molecular formula is C16H25N3O2. The molecule has 0 saturated carbocycles. The summed E-state index contributed by atoms with van der Waals surface area (Å²) in [6, 6.07) is 9.72. The molecule has 0 bridgehead atoms. The third kappa shape index (κ3) is 6.90. The first-order valence-corrected chi connectivity index (χ1v) is 7.31. The van der Waals surface area contributed by atoms with E-state index in [1.807, 2.05) is 44.2 Å². The Balaban J connectivity index is 2.39. The molecule has 0 aliphatic carbocycles. The summed E-state index contributed by atoms with van der Waals surface area (Å²) < 4.78 is 0. The van der Waals surface area contributed by atoms with Crippen LogP contribution < -0.4 is 16.4 Å². The van der Waals surface area contributed by atoms with Crippen LogP contribution in [0.2, 0.25) is 0 Å². The smallest absolute Gasteiger partial charge is 0.239 e. The minimum absolute atomic E-state index is 0.00313. The van der Waals surface area contributed by atoms with Gasteiger partial charge in [-0.15, -0.1) is 0 Å². The van der Waals surface area contributed by atoms with E-state index in [-0.39, 0.29) is 30.8 Å². The van der Waals surface area contributed by atoms with Crippen LogP contribution in [0.25, 0.3) is 0 Å². The van der Waals surface area contributed by atoms with E-state index < -0.39 is 0 Å². The minimum atomic E-state index is -0.315. The van der Waals surface area contributed by atoms with Gasteiger partial charge in [-0.05, 0) is 17.9 Å². The Morgan fingerprint density at radius 1 is 1.14 bits per heavy atom. The van der Waals surface area contributed by atoms with Gasteiger partial charge in [0.1, 0.15) is 0 Å². The first kappa shape index (κ1) is 17.2. The van der Waals surface area contributed by atoms with Crippen molar-refractivity contribution in [2.45, 2.75) is 20.3 Å². The van der Waals surface area contributed by atoms with E-state index in [0.717, 1.165) is 5.56 Å². The van der Waals surface area contributed by atoms with Crippen LogP contribution in [0.5, 0.6) is 0 Å². The molecule has 0 aliphatic rings. The third-order valence-electron chi connectivity index (χ3n) is 3.11. The molecule has 0 aromatic heterocycles. The van der Waals surface area contributed by atoms with Crippen LogP contribution in [0.3, 0.4) is 0 Å². The number of hydrogen-bond donors (Lipinski definition) is 3. The summed E-state index contributed by atoms with van der Waals surface area (Å²) in [5, 5.41) is 5.41. The molecule has 1 unspecified atom stereocenters. The first-order chi connectivity index (χ1) is 10.0. The average Bonchev–Trinajstić information content (AvgIpc) is 2.49. The highest BCUT2D eigenvalue weighted by atomic mass is 16.2. The highest BCUT2D eigenvalue weighted by Crippen LogP contribution is 2.07. The van der Waals surface area contributed by atoms with Gasteiger partial charge in [-0.3, -0.25) is 9.59 Å². The van der Waals surface area contributed by atoms with E-state index in [1.165, 1.54) is 0 Å². The molecule has 1 rings (SSSR count). The number of carbonyl (C=O) groups is 2. The molecule has 5 nitrogen and oxygen atoms in total. The number of nitrogens with two attached hydrogens (primary N) is 1. The lowest BCUT2D eigenvalue weighted by atomic mass is 9.98. The fourth-order valence-corrected chi connectivity index (χ4v) is 1.87. The average molecular weight is 291 g/mol. The maximum absolute atomic E-state index is 12.1. The SMILES string of the molecule is CC(C)CNC(=O)CNC(=O)C(CN)Cc1ccccc1. The summed E-state index contributed by atoms with van der Waals surface area (Å²) in [7, 11) is 0. The number of nitrogens with one attached hydrogen (secondary N) is 2. The van der Waals surface area contributed by atoms with Gasteiger partial charge in [0.25, 0.3) is 0 Å². The van der Waals surface area contributed by atoms with Crippen molar-refractivity contribution in [3.05, 3.63) is 35.9 Å². The molecule has 1 aromatic carbocycles. The van der Waals surface area contributed by atoms with E-state index in [2.05, 4.69) is 10.6 Å². The molecule has 0 saturated heterocycles. The molecule has 4 N–H and O–H groups in total. The Kier molecular flexibility index (Phi) is 7.46. The fraction of sp³-hybridized carbons (Fsp3) is 0.500. The molecular weight excluding hydrogens is 266 g/mol. The highest BCUT2D eigenvalue weighted by Gasteiger charge is 2.17. The van der Waals surface area contributed by atoms with Crippen LogP contribution in [-0.2, 0) is 16.0 Å². The zero-order valence-electron chi connectivity index (χ0n) is 12.8.